The van der Waals surface area contributed by atoms with Gasteiger partial charge in [0.05, 0.1) is 5.49 Å². The Bertz CT molecular complexity index is 99.9. The first-order chi connectivity index (χ1) is 3.31. The second-order valence-electron chi connectivity index (χ2n) is 0.831. The summed E-state index contributed by atoms with van der Waals surface area (Å²) in [5.74, 6) is -0.269. The van der Waals surface area contributed by atoms with Crippen LogP contribution in [0.1, 0.15) is 0 Å². The fraction of sp³-hybridized carbons (Fsp3) is 0. The number of hydrogen-bond donors (Lipinski definition) is 1. The molecule has 1 amide bonds. The van der Waals surface area contributed by atoms with Crippen molar-refractivity contribution in [3.63, 3.8) is 0 Å². The van der Waals surface area contributed by atoms with E-state index < -0.39 is 0 Å². The van der Waals surface area contributed by atoms with Crippen LogP contribution < -0.4 is 5.32 Å². The van der Waals surface area contributed by atoms with E-state index >= 15 is 0 Å². The van der Waals surface area contributed by atoms with Crippen LogP contribution >= 0.6 is 12.2 Å². The van der Waals surface area contributed by atoms with E-state index in [1.807, 2.05) is 0 Å². The van der Waals surface area contributed by atoms with Crippen molar-refractivity contribution in [3.8, 4) is 0 Å². The first-order valence-corrected chi connectivity index (χ1v) is 2.15. The summed E-state index contributed by atoms with van der Waals surface area (Å²) in [7, 11) is 0. The predicted molar refractivity (Wildman–Crippen MR) is 32.0 cm³/mol. The molecule has 0 aliphatic carbocycles. The molecule has 0 aromatic carbocycles. The van der Waals surface area contributed by atoms with Crippen molar-refractivity contribution in [2.45, 2.75) is 0 Å². The Labute approximate surface area is 47.2 Å². The van der Waals surface area contributed by atoms with E-state index in [0.717, 1.165) is 11.6 Å². The fourth-order valence-corrected chi connectivity index (χ4v) is 0.233. The first-order valence-electron chi connectivity index (χ1n) is 1.68. The van der Waals surface area contributed by atoms with Crippen molar-refractivity contribution < 1.29 is 4.79 Å². The molecule has 3 heteroatoms. The number of nitrogens with one attached hydrogen (secondary N) is 1. The Morgan fingerprint density at radius 2 is 2.43 bits per heavy atom. The van der Waals surface area contributed by atoms with Crippen LogP contribution in [-0.4, -0.2) is 11.4 Å². The van der Waals surface area contributed by atoms with Crippen LogP contribution in [0, 0.1) is 0 Å². The van der Waals surface area contributed by atoms with Gasteiger partial charge < -0.3 is 5.32 Å². The predicted octanol–water partition coefficient (Wildman–Crippen LogP) is 0.246. The highest BCUT2D eigenvalue weighted by molar-refractivity contribution is 7.78. The van der Waals surface area contributed by atoms with Gasteiger partial charge in [0, 0.05) is 0 Å². The normalized spacial score (nSPS) is 6.86. The molecule has 0 atom stereocenters. The standard InChI is InChI=1S/C4H5NOS/c1-2-4(6)5-3-7/h2-3H,1H2,(H,5,6,7). The van der Waals surface area contributed by atoms with E-state index in [2.05, 4.69) is 24.1 Å². The highest BCUT2D eigenvalue weighted by Gasteiger charge is 1.82. The monoisotopic (exact) mass is 115 g/mol. The largest absolute Gasteiger partial charge is 0.320 e. The third kappa shape index (κ3) is 3.12. The van der Waals surface area contributed by atoms with Gasteiger partial charge in [-0.3, -0.25) is 4.79 Å². The molecular formula is C4H5NOS. The molecule has 0 saturated carbocycles. The topological polar surface area (TPSA) is 29.1 Å². The maximum absolute atomic E-state index is 10.1. The van der Waals surface area contributed by atoms with Gasteiger partial charge in [0.15, 0.2) is 0 Å². The van der Waals surface area contributed by atoms with E-state index in [1.165, 1.54) is 0 Å². The number of rotatable bonds is 2. The van der Waals surface area contributed by atoms with Crippen molar-refractivity contribution in [1.82, 2.24) is 5.32 Å². The Balaban J connectivity index is 3.36. The van der Waals surface area contributed by atoms with Gasteiger partial charge in [0.2, 0.25) is 5.91 Å². The maximum atomic E-state index is 10.1. The molecule has 0 spiro atoms. The van der Waals surface area contributed by atoms with Crippen LogP contribution in [0.4, 0.5) is 0 Å². The molecule has 0 unspecified atom stereocenters. The van der Waals surface area contributed by atoms with E-state index in [9.17, 15) is 4.79 Å². The van der Waals surface area contributed by atoms with E-state index in [1.54, 1.807) is 0 Å². The van der Waals surface area contributed by atoms with Crippen LogP contribution in [0.3, 0.4) is 0 Å². The summed E-state index contributed by atoms with van der Waals surface area (Å²) >= 11 is 4.29. The number of amides is 1. The molecule has 2 nitrogen and oxygen atoms in total. The molecule has 7 heavy (non-hydrogen) atoms. The summed E-state index contributed by atoms with van der Waals surface area (Å²) in [6.45, 7) is 3.20. The molecule has 0 bridgehead atoms. The Morgan fingerprint density at radius 1 is 1.86 bits per heavy atom. The summed E-state index contributed by atoms with van der Waals surface area (Å²) in [6, 6.07) is 0. The molecule has 0 heterocycles. The molecule has 0 aromatic rings. The van der Waals surface area contributed by atoms with Gasteiger partial charge in [-0.25, -0.2) is 0 Å². The summed E-state index contributed by atoms with van der Waals surface area (Å²) in [6.07, 6.45) is 1.16. The number of thiocarbonyl (C=S) groups is 1. The van der Waals surface area contributed by atoms with Gasteiger partial charge in [0.1, 0.15) is 0 Å². The van der Waals surface area contributed by atoms with Gasteiger partial charge >= 0.3 is 0 Å². The zero-order valence-corrected chi connectivity index (χ0v) is 4.49. The molecule has 0 saturated heterocycles. The summed E-state index contributed by atoms with van der Waals surface area (Å²) in [5, 5.41) is 2.23. The second-order valence-corrected chi connectivity index (χ2v) is 1.07. The molecule has 0 aliphatic rings. The van der Waals surface area contributed by atoms with Crippen molar-refractivity contribution in [3.05, 3.63) is 12.7 Å². The Hall–Kier alpha value is -0.700. The maximum Gasteiger partial charge on any atom is 0.247 e. The lowest BCUT2D eigenvalue weighted by molar-refractivity contribution is -0.115. The van der Waals surface area contributed by atoms with Crippen molar-refractivity contribution >= 4 is 23.6 Å². The summed E-state index contributed by atoms with van der Waals surface area (Å²) in [5.41, 5.74) is 1.14. The van der Waals surface area contributed by atoms with E-state index in [4.69, 9.17) is 0 Å². The molecular weight excluding hydrogens is 110 g/mol. The smallest absolute Gasteiger partial charge is 0.247 e. The van der Waals surface area contributed by atoms with Crippen molar-refractivity contribution in [1.29, 1.82) is 0 Å². The van der Waals surface area contributed by atoms with Crippen molar-refractivity contribution in [2.24, 2.45) is 0 Å². The van der Waals surface area contributed by atoms with Crippen molar-refractivity contribution in [2.75, 3.05) is 0 Å². The van der Waals surface area contributed by atoms with E-state index in [0.29, 0.717) is 0 Å². The highest BCUT2D eigenvalue weighted by Crippen LogP contribution is 1.59. The van der Waals surface area contributed by atoms with Gasteiger partial charge in [0.25, 0.3) is 0 Å². The number of hydrogen-bond acceptors (Lipinski definition) is 2. The number of carbonyl (C=O) groups excluding carboxylic acids is 1. The van der Waals surface area contributed by atoms with Gasteiger partial charge in [-0.15, -0.1) is 0 Å². The zero-order chi connectivity index (χ0) is 5.70. The molecule has 0 aliphatic heterocycles. The van der Waals surface area contributed by atoms with Crippen LogP contribution in [0.5, 0.6) is 0 Å². The minimum absolute atomic E-state index is 0.269. The van der Waals surface area contributed by atoms with Gasteiger partial charge in [-0.05, 0) is 6.08 Å². The molecule has 0 rings (SSSR count). The quantitative estimate of drug-likeness (QED) is 0.413. The lowest BCUT2D eigenvalue weighted by Crippen LogP contribution is -2.16. The molecule has 0 radical (unpaired) electrons. The van der Waals surface area contributed by atoms with Crippen LogP contribution in [-0.2, 0) is 4.79 Å². The lowest BCUT2D eigenvalue weighted by Gasteiger charge is -1.83. The second kappa shape index (κ2) is 3.49. The third-order valence-corrected chi connectivity index (χ3v) is 0.504. The third-order valence-electron chi connectivity index (χ3n) is 0.387. The highest BCUT2D eigenvalue weighted by atomic mass is 32.1. The zero-order valence-electron chi connectivity index (χ0n) is 3.68. The van der Waals surface area contributed by atoms with Crippen LogP contribution in [0.25, 0.3) is 0 Å². The fourth-order valence-electron chi connectivity index (χ4n) is 0.117. The lowest BCUT2D eigenvalue weighted by atomic mass is 10.6. The minimum Gasteiger partial charge on any atom is -0.320 e. The van der Waals surface area contributed by atoms with Gasteiger partial charge in [-0.2, -0.15) is 0 Å². The summed E-state index contributed by atoms with van der Waals surface area (Å²) < 4.78 is 0. The molecule has 38 valence electrons. The average Bonchev–Trinajstić information content (AvgIpc) is 1.68. The average molecular weight is 115 g/mol. The minimum atomic E-state index is -0.269. The molecule has 0 aromatic heterocycles. The molecule has 0 fully saturated rings. The summed E-state index contributed by atoms with van der Waals surface area (Å²) in [4.78, 5) is 10.1. The first kappa shape index (κ1) is 6.30. The van der Waals surface area contributed by atoms with Gasteiger partial charge in [-0.1, -0.05) is 18.8 Å². The van der Waals surface area contributed by atoms with Crippen LogP contribution in [0.2, 0.25) is 0 Å². The Morgan fingerprint density at radius 3 is 2.57 bits per heavy atom. The van der Waals surface area contributed by atoms with Crippen LogP contribution in [0.15, 0.2) is 12.7 Å². The molecule has 1 N–H and O–H groups in total. The Kier molecular flexibility index (Phi) is 3.14. The SMILES string of the molecule is C=CC(=O)NC=S. The van der Waals surface area contributed by atoms with E-state index in [-0.39, 0.29) is 5.91 Å². The number of carbonyl (C=O) groups is 1.